The van der Waals surface area contributed by atoms with Crippen LogP contribution in [0.2, 0.25) is 55.2 Å². The van der Waals surface area contributed by atoms with Crippen LogP contribution in [0.25, 0.3) is 27.7 Å². The molecule has 1 N–H and O–H groups in total. The van der Waals surface area contributed by atoms with Crippen LogP contribution >= 0.6 is 144 Å². The molecule has 0 spiro atoms. The van der Waals surface area contributed by atoms with Crippen molar-refractivity contribution in [2.24, 2.45) is 0 Å². The van der Waals surface area contributed by atoms with Gasteiger partial charge in [-0.3, -0.25) is 13.6 Å². The number of methoxy groups -OCH3 is 1. The number of rotatable bonds is 12. The molecule has 107 heavy (non-hydrogen) atoms. The Morgan fingerprint density at radius 2 is 0.991 bits per heavy atom. The molecule has 25 heteroatoms. The molecule has 0 unspecified atom stereocenters. The molecule has 0 aliphatic carbocycles. The second kappa shape index (κ2) is 40.7. The van der Waals surface area contributed by atoms with Gasteiger partial charge < -0.3 is 33.2 Å². The second-order valence-corrected chi connectivity index (χ2v) is 26.9. The number of hydrogen-bond donors (Lipinski definition) is 1. The van der Waals surface area contributed by atoms with E-state index in [1.54, 1.807) is 138 Å². The van der Waals surface area contributed by atoms with E-state index in [2.05, 4.69) is 43.4 Å². The third-order valence-corrected chi connectivity index (χ3v) is 18.6. The topological polar surface area (TPSA) is 127 Å². The van der Waals surface area contributed by atoms with Gasteiger partial charge in [0, 0.05) is 63.6 Å². The summed E-state index contributed by atoms with van der Waals surface area (Å²) >= 11 is 68.6. The zero-order chi connectivity index (χ0) is 76.0. The number of para-hydroxylation sites is 5. The summed E-state index contributed by atoms with van der Waals surface area (Å²) in [5.41, 5.74) is 5.90. The summed E-state index contributed by atoms with van der Waals surface area (Å²) < 4.78 is 48.2. The number of carbonyl (C=O) groups is 2. The summed E-state index contributed by atoms with van der Waals surface area (Å²) in [4.78, 5) is 29.1. The lowest BCUT2D eigenvalue weighted by Crippen LogP contribution is -2.07. The first-order chi connectivity index (χ1) is 51.1. The van der Waals surface area contributed by atoms with Gasteiger partial charge in [0.15, 0.2) is 28.7 Å². The van der Waals surface area contributed by atoms with Gasteiger partial charge in [0.25, 0.3) is 0 Å². The van der Waals surface area contributed by atoms with E-state index in [-0.39, 0.29) is 53.3 Å². The van der Waals surface area contributed by atoms with Gasteiger partial charge in [-0.05, 0) is 174 Å². The number of nitrogens with zero attached hydrogens (tertiary/aromatic N) is 4. The monoisotopic (exact) mass is 1710 g/mol. The van der Waals surface area contributed by atoms with Gasteiger partial charge in [-0.1, -0.05) is 220 Å². The van der Waals surface area contributed by atoms with Crippen molar-refractivity contribution in [1.82, 2.24) is 18.2 Å². The minimum atomic E-state index is -0.618. The zero-order valence-corrected chi connectivity index (χ0v) is 65.1. The van der Waals surface area contributed by atoms with E-state index in [9.17, 15) is 14.0 Å². The highest BCUT2D eigenvalue weighted by Gasteiger charge is 2.24. The highest BCUT2D eigenvalue weighted by Crippen LogP contribution is 2.41. The zero-order valence-electron chi connectivity index (χ0n) is 55.2. The fraction of sp³-hybridized carbons (Fsp3) is 0.0610. The molecular weight excluding hydrogens is 1660 g/mol. The minimum Gasteiger partial charge on any atom is -0.505 e. The minimum absolute atomic E-state index is 0. The van der Waals surface area contributed by atoms with Crippen molar-refractivity contribution in [3.05, 3.63) is 343 Å². The smallest absolute Gasteiger partial charge is 0.337 e. The summed E-state index contributed by atoms with van der Waals surface area (Å²) in [6, 6.07) is 65.3. The third-order valence-electron chi connectivity index (χ3n) is 14.7. The highest BCUT2D eigenvalue weighted by atomic mass is 79.9. The number of carbonyl (C=O) groups excluding carboxylic acids is 2. The number of aromatic hydroxyl groups is 1. The fourth-order valence-electron chi connectivity index (χ4n) is 9.73. The number of hydrogen-bond acceptors (Lipinski definition) is 9. The van der Waals surface area contributed by atoms with Gasteiger partial charge in [-0.15, -0.1) is 6.42 Å². The van der Waals surface area contributed by atoms with Gasteiger partial charge in [0.05, 0.1) is 84.6 Å². The molecule has 0 radical (unpaired) electrons. The summed E-state index contributed by atoms with van der Waals surface area (Å²) in [6.45, 7) is 2.20. The number of fused-ring (bicyclic) bond motifs is 3. The number of aromatic nitrogens is 4. The van der Waals surface area contributed by atoms with Gasteiger partial charge in [0.2, 0.25) is 17.5 Å². The average Bonchev–Trinajstić information content (AvgIpc) is 1.61. The maximum atomic E-state index is 14.9. The number of terminal acetylenes is 1. The molecular formula is C82H57BrCl11FN4O8. The Bertz CT molecular complexity index is 5450. The molecule has 0 atom stereocenters. The summed E-state index contributed by atoms with van der Waals surface area (Å²) in [5, 5.41) is 13.7. The van der Waals surface area contributed by atoms with Crippen LogP contribution in [0.5, 0.6) is 40.5 Å². The fourth-order valence-corrected chi connectivity index (χ4v) is 12.9. The molecule has 7 aromatic heterocycles. The maximum Gasteiger partial charge on any atom is 0.337 e. The number of halogens is 13. The lowest BCUT2D eigenvalue weighted by atomic mass is 10.0. The van der Waals surface area contributed by atoms with Gasteiger partial charge in [-0.2, -0.15) is 0 Å². The molecule has 12 nitrogen and oxygen atoms in total. The van der Waals surface area contributed by atoms with Crippen LogP contribution < -0.4 is 18.9 Å². The number of phenols is 1. The molecule has 0 saturated heterocycles. The number of phenolic OH excluding ortho intramolecular Hbond substituents is 1. The predicted octanol–water partition coefficient (Wildman–Crippen LogP) is 26.7. The Kier molecular flexibility index (Phi) is 31.7. The van der Waals surface area contributed by atoms with E-state index in [0.29, 0.717) is 108 Å². The predicted molar refractivity (Wildman–Crippen MR) is 438 cm³/mol. The molecule has 7 heterocycles. The first-order valence-electron chi connectivity index (χ1n) is 31.0. The van der Waals surface area contributed by atoms with Crippen molar-refractivity contribution >= 4 is 172 Å². The largest absolute Gasteiger partial charge is 0.505 e. The molecule has 0 bridgehead atoms. The molecule has 0 aliphatic heterocycles. The van der Waals surface area contributed by atoms with Crippen molar-refractivity contribution in [1.29, 1.82) is 0 Å². The Hall–Kier alpha value is -9.17. The maximum absolute atomic E-state index is 14.9. The van der Waals surface area contributed by atoms with E-state index < -0.39 is 11.8 Å². The quantitative estimate of drug-likeness (QED) is 0.0723. The highest BCUT2D eigenvalue weighted by molar-refractivity contribution is 9.10. The standard InChI is InChI=1S/C24H17ClFNO3.C14H8BrCl2NO.2C14H9Cl2NO.C9H6Cl2O.C6H4Cl2O.CH4/c1-14-6-5-7-18(25)22(14)23(28)21-13-17(20-8-3-4-11-27(20)21)16-10-9-15(12-19(16)26)24(29)30-2;15-9-8-13(18-7-2-1-6-12(9)18)19-14-10(16)4-3-5-11(14)17;15-11-5-3-6-12(16)14(11)18-13-8-7-10-4-1-2-9-17(10)13;15-12-7-3-8-13(16)14(12)18-10-4-6-11-5-1-2-9-17-11;1-2-6-12-9-7(10)4-3-5-8(9)11;7-4-2-1-3-5(8)6(4)9;/h3-13H,1-2H3;1-8H;1-9H;1-3,5,7-9H,10H2;1,3-5H,6H2;1-3,9H;1H4. The average molecular weight is 1720 g/mol. The van der Waals surface area contributed by atoms with E-state index >= 15 is 0 Å². The lowest BCUT2D eigenvalue weighted by Gasteiger charge is -2.09. The van der Waals surface area contributed by atoms with Gasteiger partial charge in [-0.25, -0.2) is 14.2 Å². The van der Waals surface area contributed by atoms with Crippen LogP contribution in [0.3, 0.4) is 0 Å². The Balaban J connectivity index is 0.000000168. The molecule has 0 aliphatic rings. The molecule has 14 rings (SSSR count). The molecule has 0 fully saturated rings. The Labute approximate surface area is 680 Å². The first-order valence-corrected chi connectivity index (χ1v) is 36.0. The molecule has 0 amide bonds. The SMILES string of the molecule is C.C#CCOc1c(Cl)cccc1Cl.COC(=O)c1ccc(-c2cc(C(=O)c3c(C)cccc3Cl)n3ccccc23)c(F)c1.Clc1cccc(Cl)c1OCC#Cc1ccccn1.Clc1cccc(Cl)c1Oc1cc(Br)c2ccccn12.Clc1cccc(Cl)c1Oc1ccc2ccccn12.Oc1c(Cl)cccc1Cl. The van der Waals surface area contributed by atoms with Crippen LogP contribution in [-0.4, -0.2) is 55.4 Å². The summed E-state index contributed by atoms with van der Waals surface area (Å²) in [6.07, 6.45) is 12.3. The van der Waals surface area contributed by atoms with Crippen LogP contribution in [-0.2, 0) is 4.74 Å². The van der Waals surface area contributed by atoms with Crippen molar-refractivity contribution in [3.8, 4) is 75.8 Å². The number of ketones is 1. The summed E-state index contributed by atoms with van der Waals surface area (Å²) in [7, 11) is 1.24. The van der Waals surface area contributed by atoms with Crippen LogP contribution in [0.4, 0.5) is 4.39 Å². The first kappa shape index (κ1) is 83.5. The number of benzene rings is 7. The second-order valence-electron chi connectivity index (χ2n) is 21.6. The lowest BCUT2D eigenvalue weighted by molar-refractivity contribution is 0.0600. The van der Waals surface area contributed by atoms with E-state index in [1.807, 2.05) is 113 Å². The molecule has 14 aromatic rings. The van der Waals surface area contributed by atoms with Crippen molar-refractivity contribution < 1.29 is 42.8 Å². The van der Waals surface area contributed by atoms with Gasteiger partial charge in [0.1, 0.15) is 24.7 Å². The summed E-state index contributed by atoms with van der Waals surface area (Å²) in [5.74, 6) is 9.72. The van der Waals surface area contributed by atoms with Crippen LogP contribution in [0.15, 0.2) is 254 Å². The van der Waals surface area contributed by atoms with Crippen molar-refractivity contribution in [2.45, 2.75) is 14.4 Å². The number of ether oxygens (including phenoxy) is 5. The van der Waals surface area contributed by atoms with E-state index in [4.69, 9.17) is 158 Å². The van der Waals surface area contributed by atoms with Crippen molar-refractivity contribution in [2.75, 3.05) is 20.3 Å². The number of esters is 1. The normalized spacial score (nSPS) is 10.2. The molecule has 7 aromatic carbocycles. The van der Waals surface area contributed by atoms with E-state index in [0.717, 1.165) is 27.1 Å². The number of aryl methyl sites for hydroxylation is 1. The van der Waals surface area contributed by atoms with Crippen LogP contribution in [0.1, 0.15) is 45.1 Å². The van der Waals surface area contributed by atoms with E-state index in [1.165, 1.54) is 19.2 Å². The van der Waals surface area contributed by atoms with Crippen LogP contribution in [0, 0.1) is 36.9 Å². The third kappa shape index (κ3) is 22.0. The Morgan fingerprint density at radius 1 is 0.505 bits per heavy atom. The number of pyridine rings is 4. The molecule has 544 valence electrons. The molecule has 0 saturated carbocycles. The Morgan fingerprint density at radius 3 is 1.51 bits per heavy atom. The van der Waals surface area contributed by atoms with Gasteiger partial charge >= 0.3 is 5.97 Å². The van der Waals surface area contributed by atoms with Crippen molar-refractivity contribution in [3.63, 3.8) is 0 Å².